The van der Waals surface area contributed by atoms with E-state index in [2.05, 4.69) is 0 Å². The number of hydrogen-bond donors (Lipinski definition) is 1. The van der Waals surface area contributed by atoms with Crippen molar-refractivity contribution in [1.29, 1.82) is 0 Å². The van der Waals surface area contributed by atoms with Crippen LogP contribution in [0.5, 0.6) is 0 Å². The first-order valence-electron chi connectivity index (χ1n) is 4.13. The quantitative estimate of drug-likeness (QED) is 0.450. The second-order valence-electron chi connectivity index (χ2n) is 2.59. The van der Waals surface area contributed by atoms with Crippen LogP contribution in [0.1, 0.15) is 6.92 Å². The number of rotatable bonds is 4. The molecule has 0 bridgehead atoms. The summed E-state index contributed by atoms with van der Waals surface area (Å²) in [5.41, 5.74) is 0. The molecule has 1 aliphatic heterocycles. The number of carboxylic acids is 1. The van der Waals surface area contributed by atoms with Crippen molar-refractivity contribution in [3.8, 4) is 0 Å². The smallest absolute Gasteiger partial charge is 0.323 e. The second kappa shape index (κ2) is 5.13. The molecule has 1 heterocycles. The van der Waals surface area contributed by atoms with Gasteiger partial charge in [-0.1, -0.05) is 24.0 Å². The average molecular weight is 247 g/mol. The van der Waals surface area contributed by atoms with E-state index in [1.807, 2.05) is 0 Å². The SMILES string of the molecule is CCO/C=C1/SC(=S)N(CC(=O)O)C1=O. The van der Waals surface area contributed by atoms with Gasteiger partial charge in [-0.15, -0.1) is 0 Å². The fourth-order valence-corrected chi connectivity index (χ4v) is 2.09. The topological polar surface area (TPSA) is 66.8 Å². The minimum Gasteiger partial charge on any atom is -0.500 e. The van der Waals surface area contributed by atoms with Crippen molar-refractivity contribution < 1.29 is 19.4 Å². The Morgan fingerprint density at radius 2 is 2.40 bits per heavy atom. The molecule has 7 heteroatoms. The van der Waals surface area contributed by atoms with Gasteiger partial charge in [0, 0.05) is 0 Å². The van der Waals surface area contributed by atoms with Gasteiger partial charge in [0.2, 0.25) is 0 Å². The second-order valence-corrected chi connectivity index (χ2v) is 4.27. The number of hydrogen-bond acceptors (Lipinski definition) is 5. The molecule has 1 N–H and O–H groups in total. The highest BCUT2D eigenvalue weighted by Gasteiger charge is 2.33. The van der Waals surface area contributed by atoms with Gasteiger partial charge >= 0.3 is 5.97 Å². The molecule has 82 valence electrons. The van der Waals surface area contributed by atoms with Crippen LogP contribution in [0.3, 0.4) is 0 Å². The van der Waals surface area contributed by atoms with Crippen molar-refractivity contribution >= 4 is 40.2 Å². The van der Waals surface area contributed by atoms with Gasteiger partial charge in [-0.25, -0.2) is 0 Å². The number of amides is 1. The lowest BCUT2D eigenvalue weighted by atomic mass is 10.5. The summed E-state index contributed by atoms with van der Waals surface area (Å²) in [6.45, 7) is 1.83. The zero-order valence-corrected chi connectivity index (χ0v) is 9.56. The van der Waals surface area contributed by atoms with Gasteiger partial charge < -0.3 is 9.84 Å². The van der Waals surface area contributed by atoms with Crippen LogP contribution in [-0.4, -0.2) is 39.4 Å². The molecule has 1 fully saturated rings. The molecule has 0 saturated carbocycles. The minimum absolute atomic E-state index is 0.244. The first kappa shape index (κ1) is 12.0. The molecular formula is C8H9NO4S2. The summed E-state index contributed by atoms with van der Waals surface area (Å²) >= 11 is 5.92. The number of ether oxygens (including phenoxy) is 1. The Bertz CT molecular complexity index is 340. The zero-order valence-electron chi connectivity index (χ0n) is 7.93. The summed E-state index contributed by atoms with van der Waals surface area (Å²) in [4.78, 5) is 23.4. The van der Waals surface area contributed by atoms with Crippen LogP contribution in [0.15, 0.2) is 11.2 Å². The van der Waals surface area contributed by atoms with Crippen molar-refractivity contribution in [2.75, 3.05) is 13.2 Å². The highest BCUT2D eigenvalue weighted by Crippen LogP contribution is 2.30. The maximum Gasteiger partial charge on any atom is 0.323 e. The Morgan fingerprint density at radius 1 is 1.73 bits per heavy atom. The van der Waals surface area contributed by atoms with E-state index < -0.39 is 18.4 Å². The lowest BCUT2D eigenvalue weighted by Gasteiger charge is -2.09. The summed E-state index contributed by atoms with van der Waals surface area (Å²) in [6.07, 6.45) is 1.31. The van der Waals surface area contributed by atoms with E-state index in [1.54, 1.807) is 6.92 Å². The molecule has 5 nitrogen and oxygen atoms in total. The number of thioether (sulfide) groups is 1. The van der Waals surface area contributed by atoms with E-state index >= 15 is 0 Å². The number of thiocarbonyl (C=S) groups is 1. The van der Waals surface area contributed by atoms with Crippen LogP contribution in [0.25, 0.3) is 0 Å². The average Bonchev–Trinajstić information content (AvgIpc) is 2.42. The van der Waals surface area contributed by atoms with Crippen molar-refractivity contribution in [2.24, 2.45) is 0 Å². The van der Waals surface area contributed by atoms with Gasteiger partial charge in [-0.3, -0.25) is 14.5 Å². The Morgan fingerprint density at radius 3 is 2.93 bits per heavy atom. The molecule has 0 spiro atoms. The first-order chi connectivity index (χ1) is 7.06. The molecule has 0 aromatic rings. The largest absolute Gasteiger partial charge is 0.500 e. The van der Waals surface area contributed by atoms with Gasteiger partial charge in [-0.2, -0.15) is 0 Å². The number of aliphatic carboxylic acids is 1. The molecule has 1 aliphatic rings. The lowest BCUT2D eigenvalue weighted by Crippen LogP contribution is -2.33. The number of carbonyl (C=O) groups is 2. The summed E-state index contributed by atoms with van der Waals surface area (Å²) in [7, 11) is 0. The third-order valence-electron chi connectivity index (χ3n) is 1.52. The van der Waals surface area contributed by atoms with E-state index in [0.717, 1.165) is 16.7 Å². The maximum atomic E-state index is 11.6. The third-order valence-corrected chi connectivity index (χ3v) is 2.88. The van der Waals surface area contributed by atoms with Gasteiger partial charge in [0.05, 0.1) is 6.61 Å². The fraction of sp³-hybridized carbons (Fsp3) is 0.375. The summed E-state index contributed by atoms with van der Waals surface area (Å²) < 4.78 is 5.20. The molecule has 0 aromatic carbocycles. The van der Waals surface area contributed by atoms with Crippen molar-refractivity contribution in [3.63, 3.8) is 0 Å². The van der Waals surface area contributed by atoms with Crippen LogP contribution in [0.2, 0.25) is 0 Å². The van der Waals surface area contributed by atoms with Crippen LogP contribution in [0, 0.1) is 0 Å². The van der Waals surface area contributed by atoms with Crippen molar-refractivity contribution in [2.45, 2.75) is 6.92 Å². The normalized spacial score (nSPS) is 18.7. The predicted molar refractivity (Wildman–Crippen MR) is 59.2 cm³/mol. The number of nitrogens with zero attached hydrogens (tertiary/aromatic N) is 1. The lowest BCUT2D eigenvalue weighted by molar-refractivity contribution is -0.140. The van der Waals surface area contributed by atoms with Crippen molar-refractivity contribution in [3.05, 3.63) is 11.2 Å². The van der Waals surface area contributed by atoms with Gasteiger partial charge in [0.25, 0.3) is 5.91 Å². The van der Waals surface area contributed by atoms with Crippen LogP contribution >= 0.6 is 24.0 Å². The van der Waals surface area contributed by atoms with E-state index in [-0.39, 0.29) is 4.32 Å². The molecule has 0 unspecified atom stereocenters. The first-order valence-corrected chi connectivity index (χ1v) is 5.36. The van der Waals surface area contributed by atoms with Gasteiger partial charge in [0.1, 0.15) is 22.0 Å². The molecule has 0 radical (unpaired) electrons. The Labute approximate surface area is 96.1 Å². The summed E-state index contributed by atoms with van der Waals surface area (Å²) in [6, 6.07) is 0. The maximum absolute atomic E-state index is 11.6. The third kappa shape index (κ3) is 2.93. The van der Waals surface area contributed by atoms with Crippen LogP contribution < -0.4 is 0 Å². The van der Waals surface area contributed by atoms with E-state index in [1.165, 1.54) is 6.26 Å². The molecule has 0 aliphatic carbocycles. The Hall–Kier alpha value is -1.08. The highest BCUT2D eigenvalue weighted by atomic mass is 32.2. The summed E-state index contributed by atoms with van der Waals surface area (Å²) in [5, 5.41) is 8.56. The molecule has 1 rings (SSSR count). The number of carbonyl (C=O) groups excluding carboxylic acids is 1. The Kier molecular flexibility index (Phi) is 4.10. The molecule has 15 heavy (non-hydrogen) atoms. The highest BCUT2D eigenvalue weighted by molar-refractivity contribution is 8.26. The summed E-state index contributed by atoms with van der Waals surface area (Å²) in [5.74, 6) is -1.51. The van der Waals surface area contributed by atoms with Gasteiger partial charge in [0.15, 0.2) is 0 Å². The van der Waals surface area contributed by atoms with Crippen molar-refractivity contribution in [1.82, 2.24) is 4.90 Å². The van der Waals surface area contributed by atoms with E-state index in [9.17, 15) is 9.59 Å². The molecule has 1 amide bonds. The van der Waals surface area contributed by atoms with E-state index in [4.69, 9.17) is 22.1 Å². The molecule has 1 saturated heterocycles. The molecule has 0 atom stereocenters. The zero-order chi connectivity index (χ0) is 11.4. The molecule has 0 aromatic heterocycles. The standard InChI is InChI=1S/C8H9NO4S2/c1-2-13-4-5-7(12)9(3-6(10)11)8(14)15-5/h4H,2-3H2,1H3,(H,10,11)/b5-4+. The van der Waals surface area contributed by atoms with E-state index in [0.29, 0.717) is 11.5 Å². The fourth-order valence-electron chi connectivity index (χ4n) is 0.914. The van der Waals surface area contributed by atoms with Crippen LogP contribution in [0.4, 0.5) is 0 Å². The minimum atomic E-state index is -1.09. The number of carboxylic acid groups (broad SMARTS) is 1. The van der Waals surface area contributed by atoms with Gasteiger partial charge in [-0.05, 0) is 6.92 Å². The van der Waals surface area contributed by atoms with Crippen LogP contribution in [-0.2, 0) is 14.3 Å². The molecular weight excluding hydrogens is 238 g/mol. The monoisotopic (exact) mass is 247 g/mol. The predicted octanol–water partition coefficient (Wildman–Crippen LogP) is 0.809. The Balaban J connectivity index is 2.74.